The van der Waals surface area contributed by atoms with Crippen LogP contribution >= 0.6 is 0 Å². The molecule has 0 spiro atoms. The van der Waals surface area contributed by atoms with E-state index in [0.29, 0.717) is 73.3 Å². The molecule has 1 heterocycles. The Hall–Kier alpha value is -5.13. The first-order chi connectivity index (χ1) is 24.7. The van der Waals surface area contributed by atoms with E-state index >= 15 is 0 Å². The Balaban J connectivity index is 0.00000226. The van der Waals surface area contributed by atoms with E-state index in [0.717, 1.165) is 29.5 Å². The van der Waals surface area contributed by atoms with Crippen LogP contribution in [0.5, 0.6) is 34.5 Å². The molecular weight excluding hydrogens is 658 g/mol. The van der Waals surface area contributed by atoms with Gasteiger partial charge in [0.1, 0.15) is 17.9 Å². The Morgan fingerprint density at radius 2 is 1.51 bits per heavy atom. The molecule has 1 saturated heterocycles. The van der Waals surface area contributed by atoms with E-state index < -0.39 is 24.0 Å². The van der Waals surface area contributed by atoms with E-state index in [-0.39, 0.29) is 12.4 Å². The van der Waals surface area contributed by atoms with Crippen molar-refractivity contribution in [3.8, 4) is 34.5 Å². The number of aryl methyl sites for hydroxylation is 1. The molecule has 3 aromatic carbocycles. The van der Waals surface area contributed by atoms with Crippen molar-refractivity contribution >= 4 is 18.3 Å². The Labute approximate surface area is 300 Å². The summed E-state index contributed by atoms with van der Waals surface area (Å²) in [5, 5.41) is 6.89. The SMILES string of the molecule is CCOc1cccc(C(CCc2ccc(OC)c(OC)c2)OC(=O)C2CCCCN2C(=O)[C@@H](CC)c2cc(OC)c(OC)c(OC)c2)c1.O=CO. The molecule has 51 heavy (non-hydrogen) atoms. The Bertz CT molecular complexity index is 1550. The number of amides is 1. The first kappa shape index (κ1) is 40.3. The number of carbonyl (C=O) groups excluding carboxylic acids is 2. The topological polar surface area (TPSA) is 139 Å². The summed E-state index contributed by atoms with van der Waals surface area (Å²) in [6, 6.07) is 16.3. The van der Waals surface area contributed by atoms with Crippen LogP contribution in [0.25, 0.3) is 0 Å². The van der Waals surface area contributed by atoms with Gasteiger partial charge in [-0.05, 0) is 98.5 Å². The van der Waals surface area contributed by atoms with Gasteiger partial charge in [-0.3, -0.25) is 9.59 Å². The minimum atomic E-state index is -0.707. The van der Waals surface area contributed by atoms with Gasteiger partial charge < -0.3 is 43.2 Å². The number of likely N-dealkylation sites (tertiary alicyclic amines) is 1. The summed E-state index contributed by atoms with van der Waals surface area (Å²) >= 11 is 0. The molecule has 1 aliphatic rings. The first-order valence-electron chi connectivity index (χ1n) is 17.1. The summed E-state index contributed by atoms with van der Waals surface area (Å²) in [6.45, 7) is 4.62. The van der Waals surface area contributed by atoms with Gasteiger partial charge in [0.25, 0.3) is 6.47 Å². The lowest BCUT2D eigenvalue weighted by atomic mass is 9.91. The number of esters is 1. The molecule has 12 nitrogen and oxygen atoms in total. The van der Waals surface area contributed by atoms with Gasteiger partial charge >= 0.3 is 5.97 Å². The molecule has 3 aromatic rings. The minimum Gasteiger partial charge on any atom is -0.494 e. The lowest BCUT2D eigenvalue weighted by Gasteiger charge is -2.37. The number of carbonyl (C=O) groups is 3. The molecule has 3 atom stereocenters. The summed E-state index contributed by atoms with van der Waals surface area (Å²) in [5.41, 5.74) is 2.57. The third-order valence-corrected chi connectivity index (χ3v) is 8.80. The van der Waals surface area contributed by atoms with Gasteiger partial charge in [-0.2, -0.15) is 0 Å². The molecule has 1 N–H and O–H groups in total. The van der Waals surface area contributed by atoms with Crippen LogP contribution in [0.2, 0.25) is 0 Å². The van der Waals surface area contributed by atoms with Crippen LogP contribution in [0, 0.1) is 0 Å². The lowest BCUT2D eigenvalue weighted by molar-refractivity contribution is -0.162. The molecule has 0 bridgehead atoms. The van der Waals surface area contributed by atoms with Crippen molar-refractivity contribution in [2.24, 2.45) is 0 Å². The van der Waals surface area contributed by atoms with Crippen LogP contribution < -0.4 is 28.4 Å². The van der Waals surface area contributed by atoms with E-state index in [1.807, 2.05) is 56.3 Å². The molecule has 0 aromatic heterocycles. The van der Waals surface area contributed by atoms with Crippen molar-refractivity contribution in [2.45, 2.75) is 70.4 Å². The highest BCUT2D eigenvalue weighted by Gasteiger charge is 2.38. The third kappa shape index (κ3) is 10.4. The first-order valence-corrected chi connectivity index (χ1v) is 17.1. The van der Waals surface area contributed by atoms with Gasteiger partial charge in [-0.25, -0.2) is 4.79 Å². The van der Waals surface area contributed by atoms with Crippen LogP contribution in [0.4, 0.5) is 0 Å². The van der Waals surface area contributed by atoms with Crippen molar-refractivity contribution in [3.63, 3.8) is 0 Å². The minimum absolute atomic E-state index is 0.131. The Morgan fingerprint density at radius 3 is 2.10 bits per heavy atom. The highest BCUT2D eigenvalue weighted by molar-refractivity contribution is 5.89. The van der Waals surface area contributed by atoms with Crippen molar-refractivity contribution in [1.29, 1.82) is 0 Å². The summed E-state index contributed by atoms with van der Waals surface area (Å²) in [6.07, 6.45) is 3.23. The predicted molar refractivity (Wildman–Crippen MR) is 191 cm³/mol. The molecule has 0 aliphatic carbocycles. The number of hydrogen-bond acceptors (Lipinski definition) is 10. The molecular formula is C39H51NO11. The number of ether oxygens (including phenoxy) is 7. The van der Waals surface area contributed by atoms with Crippen molar-refractivity contribution < 1.29 is 52.6 Å². The van der Waals surface area contributed by atoms with Gasteiger partial charge in [-0.1, -0.05) is 25.1 Å². The Morgan fingerprint density at radius 1 is 0.843 bits per heavy atom. The summed E-state index contributed by atoms with van der Waals surface area (Å²) < 4.78 is 39.6. The average Bonchev–Trinajstić information content (AvgIpc) is 3.16. The second kappa shape index (κ2) is 20.5. The zero-order valence-corrected chi connectivity index (χ0v) is 30.6. The second-order valence-electron chi connectivity index (χ2n) is 11.7. The summed E-state index contributed by atoms with van der Waals surface area (Å²) in [7, 11) is 7.84. The van der Waals surface area contributed by atoms with Crippen LogP contribution in [-0.2, 0) is 25.5 Å². The standard InChI is InChI=1S/C38H49NO9.CH2O2/c1-8-29(27-23-34(44-5)36(46-7)35(24-27)45-6)37(40)39-20-11-10-15-30(39)38(41)48-31(26-13-12-14-28(22-26)47-9-2)18-16-25-17-19-32(42-3)33(21-25)43-4;2-1-3/h12-14,17,19,21-24,29-31H,8-11,15-16,18,20H2,1-7H3;1H,(H,2,3)/t29-,30?,31?;/m0./s1. The van der Waals surface area contributed by atoms with E-state index in [2.05, 4.69) is 0 Å². The number of benzene rings is 3. The fourth-order valence-electron chi connectivity index (χ4n) is 6.31. The van der Waals surface area contributed by atoms with Crippen LogP contribution in [0.1, 0.15) is 74.7 Å². The number of methoxy groups -OCH3 is 5. The maximum absolute atomic E-state index is 14.3. The van der Waals surface area contributed by atoms with Gasteiger partial charge in [0, 0.05) is 6.54 Å². The summed E-state index contributed by atoms with van der Waals surface area (Å²) in [4.78, 5) is 38.4. The zero-order chi connectivity index (χ0) is 37.3. The number of hydrogen-bond donors (Lipinski definition) is 1. The predicted octanol–water partition coefficient (Wildman–Crippen LogP) is 6.62. The number of carboxylic acid groups (broad SMARTS) is 1. The van der Waals surface area contributed by atoms with Gasteiger partial charge in [-0.15, -0.1) is 0 Å². The number of piperidine rings is 1. The fourth-order valence-corrected chi connectivity index (χ4v) is 6.31. The van der Waals surface area contributed by atoms with E-state index in [4.69, 9.17) is 43.1 Å². The summed E-state index contributed by atoms with van der Waals surface area (Å²) in [5.74, 6) is 2.32. The monoisotopic (exact) mass is 709 g/mol. The van der Waals surface area contributed by atoms with Gasteiger partial charge in [0.05, 0.1) is 48.1 Å². The third-order valence-electron chi connectivity index (χ3n) is 8.80. The second-order valence-corrected chi connectivity index (χ2v) is 11.7. The lowest BCUT2D eigenvalue weighted by Crippen LogP contribution is -2.50. The molecule has 12 heteroatoms. The van der Waals surface area contributed by atoms with E-state index in [9.17, 15) is 9.59 Å². The van der Waals surface area contributed by atoms with E-state index in [1.165, 1.54) is 0 Å². The van der Waals surface area contributed by atoms with Gasteiger partial charge in [0.15, 0.2) is 23.0 Å². The number of nitrogens with zero attached hydrogens (tertiary/aromatic N) is 1. The molecule has 0 radical (unpaired) electrons. The molecule has 1 aliphatic heterocycles. The van der Waals surface area contributed by atoms with Crippen molar-refractivity contribution in [1.82, 2.24) is 4.90 Å². The molecule has 0 saturated carbocycles. The van der Waals surface area contributed by atoms with Gasteiger partial charge in [0.2, 0.25) is 11.7 Å². The fraction of sp³-hybridized carbons (Fsp3) is 0.462. The largest absolute Gasteiger partial charge is 0.494 e. The van der Waals surface area contributed by atoms with Crippen molar-refractivity contribution in [3.05, 3.63) is 71.3 Å². The normalized spacial score (nSPS) is 14.9. The Kier molecular flexibility index (Phi) is 16.2. The van der Waals surface area contributed by atoms with E-state index in [1.54, 1.807) is 52.6 Å². The molecule has 278 valence electrons. The van der Waals surface area contributed by atoms with Crippen LogP contribution in [-0.4, -0.2) is 83.1 Å². The maximum atomic E-state index is 14.3. The highest BCUT2D eigenvalue weighted by Crippen LogP contribution is 2.41. The average molecular weight is 710 g/mol. The smallest absolute Gasteiger partial charge is 0.329 e. The maximum Gasteiger partial charge on any atom is 0.329 e. The highest BCUT2D eigenvalue weighted by atomic mass is 16.5. The van der Waals surface area contributed by atoms with Crippen LogP contribution in [0.3, 0.4) is 0 Å². The molecule has 2 unspecified atom stereocenters. The molecule has 1 fully saturated rings. The molecule has 1 amide bonds. The molecule has 4 rings (SSSR count). The quantitative estimate of drug-likeness (QED) is 0.127. The zero-order valence-electron chi connectivity index (χ0n) is 30.6. The van der Waals surface area contributed by atoms with Crippen LogP contribution in [0.15, 0.2) is 54.6 Å². The van der Waals surface area contributed by atoms with Crippen molar-refractivity contribution in [2.75, 3.05) is 48.7 Å². The number of rotatable bonds is 16.